The molecule has 0 spiro atoms. The second kappa shape index (κ2) is 8.38. The first-order chi connectivity index (χ1) is 10.4. The fourth-order valence-corrected chi connectivity index (χ4v) is 3.20. The molecule has 0 N–H and O–H groups in total. The summed E-state index contributed by atoms with van der Waals surface area (Å²) in [6, 6.07) is 0. The molecule has 0 fully saturated rings. The zero-order chi connectivity index (χ0) is 16.9. The van der Waals surface area contributed by atoms with Crippen LogP contribution in [0.3, 0.4) is 0 Å². The Morgan fingerprint density at radius 2 is 1.14 bits per heavy atom. The predicted octanol–water partition coefficient (Wildman–Crippen LogP) is 3.58. The number of carbonyl (C=O) groups is 2. The smallest absolute Gasteiger partial charge is 0.343 e. The first-order valence-electron chi connectivity index (χ1n) is 6.41. The van der Waals surface area contributed by atoms with Crippen molar-refractivity contribution >= 4 is 43.8 Å². The number of carbonyl (C=O) groups excluding carboxylic acids is 2. The van der Waals surface area contributed by atoms with Crippen LogP contribution in [0.5, 0.6) is 11.5 Å². The minimum Gasteiger partial charge on any atom is -0.495 e. The van der Waals surface area contributed by atoms with Gasteiger partial charge in [0.15, 0.2) is 0 Å². The molecule has 0 bridgehead atoms. The van der Waals surface area contributed by atoms with Crippen molar-refractivity contribution in [3.8, 4) is 11.5 Å². The van der Waals surface area contributed by atoms with Crippen molar-refractivity contribution in [3.05, 3.63) is 20.1 Å². The van der Waals surface area contributed by atoms with Gasteiger partial charge in [-0.05, 0) is 45.7 Å². The summed E-state index contributed by atoms with van der Waals surface area (Å²) >= 11 is 6.55. The van der Waals surface area contributed by atoms with Gasteiger partial charge in [0.1, 0.15) is 22.6 Å². The van der Waals surface area contributed by atoms with Crippen LogP contribution in [-0.2, 0) is 9.47 Å². The second-order valence-corrected chi connectivity index (χ2v) is 5.47. The van der Waals surface area contributed by atoms with Gasteiger partial charge in [-0.15, -0.1) is 0 Å². The van der Waals surface area contributed by atoms with Gasteiger partial charge in [-0.3, -0.25) is 0 Å². The number of methoxy groups -OCH3 is 2. The summed E-state index contributed by atoms with van der Waals surface area (Å²) in [4.78, 5) is 24.3. The van der Waals surface area contributed by atoms with Gasteiger partial charge in [0.2, 0.25) is 0 Å². The number of hydrogen-bond donors (Lipinski definition) is 0. The van der Waals surface area contributed by atoms with E-state index in [1.54, 1.807) is 13.8 Å². The van der Waals surface area contributed by atoms with Crippen molar-refractivity contribution in [2.24, 2.45) is 0 Å². The second-order valence-electron chi connectivity index (χ2n) is 3.89. The third-order valence-electron chi connectivity index (χ3n) is 2.66. The molecule has 0 amide bonds. The Balaban J connectivity index is 3.67. The van der Waals surface area contributed by atoms with Crippen LogP contribution in [0.2, 0.25) is 0 Å². The average molecular weight is 440 g/mol. The van der Waals surface area contributed by atoms with Crippen LogP contribution in [0.15, 0.2) is 8.95 Å². The largest absolute Gasteiger partial charge is 0.495 e. The Bertz CT molecular complexity index is 534. The maximum absolute atomic E-state index is 12.1. The molecule has 0 radical (unpaired) electrons. The quantitative estimate of drug-likeness (QED) is 0.631. The van der Waals surface area contributed by atoms with E-state index in [4.69, 9.17) is 18.9 Å². The zero-order valence-electron chi connectivity index (χ0n) is 12.6. The molecular formula is C14H16Br2O6. The highest BCUT2D eigenvalue weighted by Crippen LogP contribution is 2.45. The maximum atomic E-state index is 12.1. The minimum atomic E-state index is -0.597. The predicted molar refractivity (Wildman–Crippen MR) is 86.9 cm³/mol. The van der Waals surface area contributed by atoms with Crippen molar-refractivity contribution < 1.29 is 28.5 Å². The molecule has 0 saturated heterocycles. The number of hydrogen-bond acceptors (Lipinski definition) is 6. The third kappa shape index (κ3) is 3.55. The highest BCUT2D eigenvalue weighted by molar-refractivity contribution is 9.11. The zero-order valence-corrected chi connectivity index (χ0v) is 15.8. The summed E-state index contributed by atoms with van der Waals surface area (Å²) in [6.45, 7) is 3.79. The Kier molecular flexibility index (Phi) is 7.15. The first-order valence-corrected chi connectivity index (χ1v) is 8.00. The van der Waals surface area contributed by atoms with Crippen LogP contribution in [0.1, 0.15) is 34.6 Å². The Morgan fingerprint density at radius 1 is 0.818 bits per heavy atom. The molecule has 0 aliphatic heterocycles. The number of ether oxygens (including phenoxy) is 4. The molecule has 8 heteroatoms. The number of halogens is 2. The van der Waals surface area contributed by atoms with Gasteiger partial charge < -0.3 is 18.9 Å². The standard InChI is InChI=1S/C14H16Br2O6/c1-5-21-13(17)7-9(15)12(20-4)8(14(18)22-6-2)10(16)11(7)19-3/h5-6H2,1-4H3. The molecule has 1 aromatic rings. The molecule has 1 rings (SSSR count). The summed E-state index contributed by atoms with van der Waals surface area (Å²) in [5, 5.41) is 0. The topological polar surface area (TPSA) is 71.1 Å². The monoisotopic (exact) mass is 438 g/mol. The van der Waals surface area contributed by atoms with Gasteiger partial charge in [0.05, 0.1) is 36.4 Å². The Labute approximate surface area is 145 Å². The van der Waals surface area contributed by atoms with Crippen LogP contribution in [0.25, 0.3) is 0 Å². The van der Waals surface area contributed by atoms with Crippen LogP contribution in [0, 0.1) is 0 Å². The van der Waals surface area contributed by atoms with Gasteiger partial charge in [-0.1, -0.05) is 0 Å². The summed E-state index contributed by atoms with van der Waals surface area (Å²) < 4.78 is 21.0. The van der Waals surface area contributed by atoms with Crippen molar-refractivity contribution in [3.63, 3.8) is 0 Å². The molecule has 0 aliphatic carbocycles. The molecular weight excluding hydrogens is 424 g/mol. The van der Waals surface area contributed by atoms with E-state index in [1.165, 1.54) is 14.2 Å². The Morgan fingerprint density at radius 3 is 1.36 bits per heavy atom. The van der Waals surface area contributed by atoms with E-state index in [9.17, 15) is 9.59 Å². The SMILES string of the molecule is CCOC(=O)c1c(Br)c(OC)c(C(=O)OCC)c(Br)c1OC. The van der Waals surface area contributed by atoms with Gasteiger partial charge in [0.25, 0.3) is 0 Å². The van der Waals surface area contributed by atoms with E-state index in [1.807, 2.05) is 0 Å². The summed E-state index contributed by atoms with van der Waals surface area (Å²) in [5.74, 6) is -0.871. The third-order valence-corrected chi connectivity index (χ3v) is 4.17. The van der Waals surface area contributed by atoms with E-state index in [2.05, 4.69) is 31.9 Å². The molecule has 0 heterocycles. The molecule has 0 aromatic heterocycles. The molecule has 0 aliphatic rings. The number of esters is 2. The summed E-state index contributed by atoms with van der Waals surface area (Å²) in [6.07, 6.45) is 0. The lowest BCUT2D eigenvalue weighted by Crippen LogP contribution is -2.14. The van der Waals surface area contributed by atoms with Crippen LogP contribution < -0.4 is 9.47 Å². The maximum Gasteiger partial charge on any atom is 0.343 e. The van der Waals surface area contributed by atoms with E-state index < -0.39 is 11.9 Å². The van der Waals surface area contributed by atoms with Gasteiger partial charge in [-0.2, -0.15) is 0 Å². The highest BCUT2D eigenvalue weighted by Gasteiger charge is 2.31. The van der Waals surface area contributed by atoms with Crippen molar-refractivity contribution in [2.45, 2.75) is 13.8 Å². The molecule has 0 saturated carbocycles. The van der Waals surface area contributed by atoms with Crippen molar-refractivity contribution in [1.29, 1.82) is 0 Å². The van der Waals surface area contributed by atoms with Crippen molar-refractivity contribution in [1.82, 2.24) is 0 Å². The number of rotatable bonds is 6. The lowest BCUT2D eigenvalue weighted by molar-refractivity contribution is 0.0502. The number of benzene rings is 1. The normalized spacial score (nSPS) is 10.1. The minimum absolute atomic E-state index is 0.126. The molecule has 122 valence electrons. The van der Waals surface area contributed by atoms with Gasteiger partial charge >= 0.3 is 11.9 Å². The lowest BCUT2D eigenvalue weighted by Gasteiger charge is -2.18. The van der Waals surface area contributed by atoms with E-state index >= 15 is 0 Å². The molecule has 0 atom stereocenters. The fraction of sp³-hybridized carbons (Fsp3) is 0.429. The summed E-state index contributed by atoms with van der Waals surface area (Å²) in [7, 11) is 2.77. The van der Waals surface area contributed by atoms with Gasteiger partial charge in [-0.25, -0.2) is 9.59 Å². The lowest BCUT2D eigenvalue weighted by atomic mass is 10.1. The molecule has 22 heavy (non-hydrogen) atoms. The first kappa shape index (κ1) is 18.8. The molecule has 1 aromatic carbocycles. The van der Waals surface area contributed by atoms with Crippen LogP contribution in [-0.4, -0.2) is 39.4 Å². The highest BCUT2D eigenvalue weighted by atomic mass is 79.9. The van der Waals surface area contributed by atoms with Crippen LogP contribution >= 0.6 is 31.9 Å². The van der Waals surface area contributed by atoms with Crippen LogP contribution in [0.4, 0.5) is 0 Å². The van der Waals surface area contributed by atoms with E-state index in [0.717, 1.165) is 0 Å². The van der Waals surface area contributed by atoms with Gasteiger partial charge in [0, 0.05) is 0 Å². The summed E-state index contributed by atoms with van der Waals surface area (Å²) in [5.41, 5.74) is 0.252. The fourth-order valence-electron chi connectivity index (χ4n) is 1.80. The molecule has 0 unspecified atom stereocenters. The van der Waals surface area contributed by atoms with Crippen molar-refractivity contribution in [2.75, 3.05) is 27.4 Å². The molecule has 6 nitrogen and oxygen atoms in total. The van der Waals surface area contributed by atoms with E-state index in [-0.39, 0.29) is 44.8 Å². The average Bonchev–Trinajstić information content (AvgIpc) is 2.48. The van der Waals surface area contributed by atoms with E-state index in [0.29, 0.717) is 0 Å². The Hall–Kier alpha value is -1.28.